The summed E-state index contributed by atoms with van der Waals surface area (Å²) in [6.45, 7) is 16.0. The van der Waals surface area contributed by atoms with Crippen LogP contribution in [0.4, 0.5) is 11.5 Å². The van der Waals surface area contributed by atoms with Gasteiger partial charge in [-0.1, -0.05) is 20.8 Å². The Morgan fingerprint density at radius 3 is 2.28 bits per heavy atom. The van der Waals surface area contributed by atoms with Gasteiger partial charge in [-0.15, -0.1) is 0 Å². The molecule has 2 rings (SSSR count). The lowest BCUT2D eigenvalue weighted by Gasteiger charge is -2.33. The van der Waals surface area contributed by atoms with E-state index in [-0.39, 0.29) is 0 Å². The van der Waals surface area contributed by atoms with Crippen molar-refractivity contribution in [2.75, 3.05) is 69.6 Å². The fourth-order valence-electron chi connectivity index (χ4n) is 3.29. The van der Waals surface area contributed by atoms with E-state index in [1.807, 2.05) is 12.1 Å². The number of likely N-dealkylation sites (N-methyl/N-ethyl adjacent to an activating group) is 1. The summed E-state index contributed by atoms with van der Waals surface area (Å²) >= 11 is 0. The monoisotopic (exact) mass is 349 g/mol. The quantitative estimate of drug-likeness (QED) is 0.699. The van der Waals surface area contributed by atoms with Gasteiger partial charge in [-0.3, -0.25) is 4.90 Å². The summed E-state index contributed by atoms with van der Waals surface area (Å²) in [5.41, 5.74) is 7.11. The number of nitrogen functional groups attached to an aromatic ring is 1. The molecule has 0 spiro atoms. The summed E-state index contributed by atoms with van der Waals surface area (Å²) < 4.78 is 5.92. The fraction of sp³-hybridized carbons (Fsp3) is 0.737. The Bertz CT molecular complexity index is 497. The third kappa shape index (κ3) is 6.36. The zero-order valence-corrected chi connectivity index (χ0v) is 16.2. The Hall–Kier alpha value is -1.53. The van der Waals surface area contributed by atoms with Gasteiger partial charge in [-0.05, 0) is 19.4 Å². The molecular weight excluding hydrogens is 314 g/mol. The van der Waals surface area contributed by atoms with Gasteiger partial charge in [0.05, 0.1) is 0 Å². The first-order valence-electron chi connectivity index (χ1n) is 9.76. The van der Waals surface area contributed by atoms with Crippen molar-refractivity contribution in [2.24, 2.45) is 0 Å². The van der Waals surface area contributed by atoms with Crippen LogP contribution >= 0.6 is 0 Å². The second-order valence-electron chi connectivity index (χ2n) is 6.70. The van der Waals surface area contributed by atoms with Crippen LogP contribution in [0.2, 0.25) is 0 Å². The summed E-state index contributed by atoms with van der Waals surface area (Å²) in [4.78, 5) is 11.6. The largest absolute Gasteiger partial charge is 0.476 e. The molecule has 1 aromatic rings. The molecule has 0 aromatic carbocycles. The highest BCUT2D eigenvalue weighted by atomic mass is 16.5. The average Bonchev–Trinajstić information content (AvgIpc) is 2.62. The van der Waals surface area contributed by atoms with Gasteiger partial charge in [0.2, 0.25) is 5.88 Å². The number of rotatable bonds is 10. The summed E-state index contributed by atoms with van der Waals surface area (Å²) in [7, 11) is 0. The van der Waals surface area contributed by atoms with Crippen LogP contribution in [-0.2, 0) is 0 Å². The predicted molar refractivity (Wildman–Crippen MR) is 105 cm³/mol. The van der Waals surface area contributed by atoms with E-state index in [0.717, 1.165) is 70.9 Å². The van der Waals surface area contributed by atoms with Crippen LogP contribution in [0.15, 0.2) is 12.1 Å². The highest BCUT2D eigenvalue weighted by molar-refractivity contribution is 5.55. The SMILES string of the molecule is CCCN(CCC)c1cc(N)nc(OCCN2CCN(CC)CC2)c1. The van der Waals surface area contributed by atoms with Crippen molar-refractivity contribution in [2.45, 2.75) is 33.6 Å². The Balaban J connectivity index is 1.87. The summed E-state index contributed by atoms with van der Waals surface area (Å²) in [5, 5.41) is 0. The number of piperazine rings is 1. The van der Waals surface area contributed by atoms with Gasteiger partial charge in [0, 0.05) is 63.6 Å². The topological polar surface area (TPSA) is 57.9 Å². The first-order chi connectivity index (χ1) is 12.2. The third-order valence-corrected chi connectivity index (χ3v) is 4.73. The van der Waals surface area contributed by atoms with E-state index in [4.69, 9.17) is 10.5 Å². The number of nitrogens with zero attached hydrogens (tertiary/aromatic N) is 4. The molecule has 0 bridgehead atoms. The van der Waals surface area contributed by atoms with E-state index in [1.165, 1.54) is 0 Å². The number of nitrogens with two attached hydrogens (primary N) is 1. The van der Waals surface area contributed by atoms with Crippen molar-refractivity contribution >= 4 is 11.5 Å². The Morgan fingerprint density at radius 2 is 1.68 bits per heavy atom. The molecule has 1 fully saturated rings. The molecule has 2 N–H and O–H groups in total. The Labute approximate surface area is 152 Å². The number of hydrogen-bond donors (Lipinski definition) is 1. The average molecular weight is 350 g/mol. The molecule has 142 valence electrons. The molecule has 0 saturated carbocycles. The number of anilines is 2. The lowest BCUT2D eigenvalue weighted by Crippen LogP contribution is -2.47. The molecule has 0 atom stereocenters. The summed E-state index contributed by atoms with van der Waals surface area (Å²) in [5.74, 6) is 1.17. The van der Waals surface area contributed by atoms with E-state index < -0.39 is 0 Å². The van der Waals surface area contributed by atoms with Crippen LogP contribution < -0.4 is 15.4 Å². The summed E-state index contributed by atoms with van der Waals surface area (Å²) in [6.07, 6.45) is 2.23. The molecule has 6 heteroatoms. The lowest BCUT2D eigenvalue weighted by atomic mass is 10.3. The number of ether oxygens (including phenoxy) is 1. The van der Waals surface area contributed by atoms with Crippen molar-refractivity contribution in [1.29, 1.82) is 0 Å². The zero-order chi connectivity index (χ0) is 18.1. The second-order valence-corrected chi connectivity index (χ2v) is 6.70. The van der Waals surface area contributed by atoms with E-state index >= 15 is 0 Å². The maximum atomic E-state index is 6.00. The highest BCUT2D eigenvalue weighted by Gasteiger charge is 2.15. The molecular formula is C19H35N5O. The first-order valence-corrected chi connectivity index (χ1v) is 9.76. The van der Waals surface area contributed by atoms with Crippen molar-refractivity contribution in [1.82, 2.24) is 14.8 Å². The van der Waals surface area contributed by atoms with Crippen LogP contribution in [0.1, 0.15) is 33.6 Å². The Kier molecular flexibility index (Phi) is 8.28. The van der Waals surface area contributed by atoms with Gasteiger partial charge < -0.3 is 20.3 Å². The molecule has 0 amide bonds. The van der Waals surface area contributed by atoms with Gasteiger partial charge >= 0.3 is 0 Å². The standard InChI is InChI=1S/C19H35N5O/c1-4-7-24(8-5-2)17-15-18(20)21-19(16-17)25-14-13-23-11-9-22(6-3)10-12-23/h15-16H,4-14H2,1-3H3,(H2,20,21). The molecule has 0 unspecified atom stereocenters. The van der Waals surface area contributed by atoms with Crippen molar-refractivity contribution < 1.29 is 4.74 Å². The number of hydrogen-bond acceptors (Lipinski definition) is 6. The smallest absolute Gasteiger partial charge is 0.217 e. The number of aromatic nitrogens is 1. The molecule has 6 nitrogen and oxygen atoms in total. The van der Waals surface area contributed by atoms with Crippen molar-refractivity contribution in [3.63, 3.8) is 0 Å². The van der Waals surface area contributed by atoms with E-state index in [9.17, 15) is 0 Å². The molecule has 0 radical (unpaired) electrons. The van der Waals surface area contributed by atoms with Crippen LogP contribution in [0, 0.1) is 0 Å². The maximum Gasteiger partial charge on any atom is 0.217 e. The van der Waals surface area contributed by atoms with Gasteiger partial charge in [0.15, 0.2) is 0 Å². The third-order valence-electron chi connectivity index (χ3n) is 4.73. The Morgan fingerprint density at radius 1 is 1.04 bits per heavy atom. The molecule has 1 aromatic heterocycles. The number of pyridine rings is 1. The predicted octanol–water partition coefficient (Wildman–Crippen LogP) is 2.31. The van der Waals surface area contributed by atoms with Gasteiger partial charge in [0.1, 0.15) is 12.4 Å². The minimum absolute atomic E-state index is 0.529. The van der Waals surface area contributed by atoms with Crippen LogP contribution in [-0.4, -0.2) is 73.7 Å². The van der Waals surface area contributed by atoms with Crippen molar-refractivity contribution in [3.05, 3.63) is 12.1 Å². The normalized spacial score (nSPS) is 16.1. The van der Waals surface area contributed by atoms with Crippen LogP contribution in [0.3, 0.4) is 0 Å². The summed E-state index contributed by atoms with van der Waals surface area (Å²) in [6, 6.07) is 3.97. The van der Waals surface area contributed by atoms with Crippen LogP contribution in [0.5, 0.6) is 5.88 Å². The van der Waals surface area contributed by atoms with Gasteiger partial charge in [-0.2, -0.15) is 4.98 Å². The lowest BCUT2D eigenvalue weighted by molar-refractivity contribution is 0.120. The minimum atomic E-state index is 0.529. The first kappa shape index (κ1) is 19.8. The van der Waals surface area contributed by atoms with Gasteiger partial charge in [0.25, 0.3) is 0 Å². The van der Waals surface area contributed by atoms with E-state index in [1.54, 1.807) is 0 Å². The van der Waals surface area contributed by atoms with Crippen molar-refractivity contribution in [3.8, 4) is 5.88 Å². The zero-order valence-electron chi connectivity index (χ0n) is 16.2. The molecule has 0 aliphatic carbocycles. The van der Waals surface area contributed by atoms with Gasteiger partial charge in [-0.25, -0.2) is 0 Å². The molecule has 1 aliphatic heterocycles. The van der Waals surface area contributed by atoms with E-state index in [0.29, 0.717) is 18.3 Å². The minimum Gasteiger partial charge on any atom is -0.476 e. The highest BCUT2D eigenvalue weighted by Crippen LogP contribution is 2.23. The molecule has 2 heterocycles. The second kappa shape index (κ2) is 10.5. The molecule has 1 saturated heterocycles. The fourth-order valence-corrected chi connectivity index (χ4v) is 3.29. The maximum absolute atomic E-state index is 6.00. The van der Waals surface area contributed by atoms with Crippen LogP contribution in [0.25, 0.3) is 0 Å². The molecule has 25 heavy (non-hydrogen) atoms. The molecule has 1 aliphatic rings. The van der Waals surface area contributed by atoms with E-state index in [2.05, 4.69) is 40.5 Å².